The fourth-order valence-electron chi connectivity index (χ4n) is 2.56. The highest BCUT2D eigenvalue weighted by molar-refractivity contribution is 5.95. The van der Waals surface area contributed by atoms with Gasteiger partial charge in [-0.3, -0.25) is 5.41 Å². The van der Waals surface area contributed by atoms with Crippen molar-refractivity contribution in [2.45, 2.75) is 39.7 Å². The zero-order chi connectivity index (χ0) is 13.3. The maximum Gasteiger partial charge on any atom is 0.129 e. The number of aromatic nitrogens is 1. The first-order chi connectivity index (χ1) is 8.47. The number of amidine groups is 1. The van der Waals surface area contributed by atoms with Crippen LogP contribution in [0.4, 0.5) is 5.82 Å². The van der Waals surface area contributed by atoms with Crippen molar-refractivity contribution in [2.24, 2.45) is 11.7 Å². The largest absolute Gasteiger partial charge is 0.384 e. The molecule has 98 valence electrons. The summed E-state index contributed by atoms with van der Waals surface area (Å²) in [5.41, 5.74) is 7.27. The third-order valence-electron chi connectivity index (χ3n) is 3.66. The van der Waals surface area contributed by atoms with Crippen LogP contribution < -0.4 is 10.6 Å². The first-order valence-electron chi connectivity index (χ1n) is 6.57. The Balaban J connectivity index is 2.34. The maximum absolute atomic E-state index is 7.56. The average molecular weight is 246 g/mol. The van der Waals surface area contributed by atoms with Crippen molar-refractivity contribution in [3.63, 3.8) is 0 Å². The highest BCUT2D eigenvalue weighted by Crippen LogP contribution is 2.26. The summed E-state index contributed by atoms with van der Waals surface area (Å²) in [4.78, 5) is 6.94. The fourth-order valence-corrected chi connectivity index (χ4v) is 2.56. The molecule has 0 amide bonds. The number of hydrogen-bond donors (Lipinski definition) is 2. The van der Waals surface area contributed by atoms with Gasteiger partial charge in [-0.05, 0) is 44.7 Å². The lowest BCUT2D eigenvalue weighted by Crippen LogP contribution is -2.41. The second kappa shape index (κ2) is 4.96. The van der Waals surface area contributed by atoms with E-state index in [9.17, 15) is 0 Å². The monoisotopic (exact) mass is 246 g/mol. The van der Waals surface area contributed by atoms with E-state index >= 15 is 0 Å². The Morgan fingerprint density at radius 3 is 2.78 bits per heavy atom. The van der Waals surface area contributed by atoms with Crippen molar-refractivity contribution < 1.29 is 0 Å². The van der Waals surface area contributed by atoms with Gasteiger partial charge in [-0.1, -0.05) is 6.92 Å². The molecule has 3 N–H and O–H groups in total. The summed E-state index contributed by atoms with van der Waals surface area (Å²) < 4.78 is 0. The van der Waals surface area contributed by atoms with Crippen molar-refractivity contribution >= 4 is 11.7 Å². The molecule has 18 heavy (non-hydrogen) atoms. The molecular weight excluding hydrogens is 224 g/mol. The second-order valence-electron chi connectivity index (χ2n) is 5.45. The first kappa shape index (κ1) is 12.9. The van der Waals surface area contributed by atoms with Gasteiger partial charge in [0.05, 0.1) is 0 Å². The third-order valence-corrected chi connectivity index (χ3v) is 3.66. The number of anilines is 1. The summed E-state index contributed by atoms with van der Waals surface area (Å²) >= 11 is 0. The molecule has 4 nitrogen and oxygen atoms in total. The Labute approximate surface area is 109 Å². The van der Waals surface area contributed by atoms with Crippen LogP contribution in [-0.2, 0) is 0 Å². The van der Waals surface area contributed by atoms with Gasteiger partial charge in [-0.2, -0.15) is 0 Å². The minimum Gasteiger partial charge on any atom is -0.384 e. The van der Waals surface area contributed by atoms with Gasteiger partial charge in [0.25, 0.3) is 0 Å². The Morgan fingerprint density at radius 1 is 1.39 bits per heavy atom. The van der Waals surface area contributed by atoms with Gasteiger partial charge >= 0.3 is 0 Å². The van der Waals surface area contributed by atoms with Crippen LogP contribution >= 0.6 is 0 Å². The molecule has 0 bridgehead atoms. The normalized spacial score (nSPS) is 24.1. The third kappa shape index (κ3) is 2.63. The molecule has 1 saturated heterocycles. The number of nitrogens with one attached hydrogen (secondary N) is 1. The average Bonchev–Trinajstić information content (AvgIpc) is 2.31. The van der Waals surface area contributed by atoms with Crippen LogP contribution in [0.5, 0.6) is 0 Å². The maximum atomic E-state index is 7.56. The van der Waals surface area contributed by atoms with Crippen LogP contribution in [0.2, 0.25) is 0 Å². The molecule has 1 fully saturated rings. The predicted octanol–water partition coefficient (Wildman–Crippen LogP) is 2.30. The van der Waals surface area contributed by atoms with E-state index in [0.717, 1.165) is 23.6 Å². The van der Waals surface area contributed by atoms with E-state index in [1.807, 2.05) is 19.1 Å². The molecule has 0 aliphatic carbocycles. The molecule has 2 rings (SSSR count). The molecule has 2 heterocycles. The van der Waals surface area contributed by atoms with E-state index in [1.54, 1.807) is 0 Å². The highest BCUT2D eigenvalue weighted by Gasteiger charge is 2.24. The molecule has 4 heteroatoms. The minimum absolute atomic E-state index is 0.111. The Bertz CT molecular complexity index is 455. The second-order valence-corrected chi connectivity index (χ2v) is 5.45. The number of piperidine rings is 1. The van der Waals surface area contributed by atoms with Gasteiger partial charge < -0.3 is 10.6 Å². The van der Waals surface area contributed by atoms with Gasteiger partial charge in [-0.15, -0.1) is 0 Å². The van der Waals surface area contributed by atoms with Crippen molar-refractivity contribution in [1.29, 1.82) is 5.41 Å². The number of pyridine rings is 1. The van der Waals surface area contributed by atoms with Crippen LogP contribution in [0.25, 0.3) is 0 Å². The Morgan fingerprint density at radius 2 is 2.11 bits per heavy atom. The van der Waals surface area contributed by atoms with Crippen LogP contribution in [0.1, 0.15) is 37.9 Å². The summed E-state index contributed by atoms with van der Waals surface area (Å²) in [6.07, 6.45) is 2.48. The molecule has 2 unspecified atom stereocenters. The Kier molecular flexibility index (Phi) is 3.55. The lowest BCUT2D eigenvalue weighted by Gasteiger charge is -2.38. The number of nitrogens with zero attached hydrogens (tertiary/aromatic N) is 2. The molecule has 0 aromatic carbocycles. The summed E-state index contributed by atoms with van der Waals surface area (Å²) in [5.74, 6) is 1.77. The van der Waals surface area contributed by atoms with Crippen molar-refractivity contribution in [3.05, 3.63) is 23.4 Å². The first-order valence-corrected chi connectivity index (χ1v) is 6.57. The van der Waals surface area contributed by atoms with E-state index < -0.39 is 0 Å². The molecule has 1 aliphatic rings. The SMILES string of the molecule is Cc1cc(C(=N)N)cc(N2CC(C)CCC2C)n1. The molecule has 1 aromatic heterocycles. The lowest BCUT2D eigenvalue weighted by molar-refractivity contribution is 0.388. The molecule has 0 saturated carbocycles. The Hall–Kier alpha value is -1.58. The predicted molar refractivity (Wildman–Crippen MR) is 75.2 cm³/mol. The van der Waals surface area contributed by atoms with Crippen molar-refractivity contribution in [2.75, 3.05) is 11.4 Å². The molecule has 1 aromatic rings. The van der Waals surface area contributed by atoms with E-state index in [4.69, 9.17) is 11.1 Å². The molecule has 0 spiro atoms. The van der Waals surface area contributed by atoms with Gasteiger partial charge in [0.2, 0.25) is 0 Å². The quantitative estimate of drug-likeness (QED) is 0.621. The highest BCUT2D eigenvalue weighted by atomic mass is 15.2. The lowest BCUT2D eigenvalue weighted by atomic mass is 9.95. The molecule has 1 aliphatic heterocycles. The van der Waals surface area contributed by atoms with E-state index in [1.165, 1.54) is 12.8 Å². The zero-order valence-corrected chi connectivity index (χ0v) is 11.4. The molecule has 0 radical (unpaired) electrons. The van der Waals surface area contributed by atoms with E-state index in [0.29, 0.717) is 12.0 Å². The number of hydrogen-bond acceptors (Lipinski definition) is 3. The smallest absolute Gasteiger partial charge is 0.129 e. The molecular formula is C14H22N4. The van der Waals surface area contributed by atoms with Crippen molar-refractivity contribution in [3.8, 4) is 0 Å². The minimum atomic E-state index is 0.111. The standard InChI is InChI=1S/C14H22N4/c1-9-4-5-11(3)18(8-9)13-7-12(14(15)16)6-10(2)17-13/h6-7,9,11H,4-5,8H2,1-3H3,(H3,15,16). The van der Waals surface area contributed by atoms with Gasteiger partial charge in [0, 0.05) is 23.8 Å². The van der Waals surface area contributed by atoms with Gasteiger partial charge in [-0.25, -0.2) is 4.98 Å². The van der Waals surface area contributed by atoms with Gasteiger partial charge in [0.15, 0.2) is 0 Å². The zero-order valence-electron chi connectivity index (χ0n) is 11.4. The van der Waals surface area contributed by atoms with E-state index in [-0.39, 0.29) is 5.84 Å². The van der Waals surface area contributed by atoms with Crippen LogP contribution in [-0.4, -0.2) is 23.4 Å². The van der Waals surface area contributed by atoms with Gasteiger partial charge in [0.1, 0.15) is 11.7 Å². The number of aryl methyl sites for hydroxylation is 1. The van der Waals surface area contributed by atoms with Crippen molar-refractivity contribution in [1.82, 2.24) is 4.98 Å². The number of rotatable bonds is 2. The topological polar surface area (TPSA) is 66.0 Å². The van der Waals surface area contributed by atoms with Crippen LogP contribution in [0.3, 0.4) is 0 Å². The summed E-state index contributed by atoms with van der Waals surface area (Å²) in [7, 11) is 0. The summed E-state index contributed by atoms with van der Waals surface area (Å²) in [6.45, 7) is 7.51. The molecule has 2 atom stereocenters. The summed E-state index contributed by atoms with van der Waals surface area (Å²) in [5, 5.41) is 7.56. The summed E-state index contributed by atoms with van der Waals surface area (Å²) in [6, 6.07) is 4.31. The number of nitrogen functional groups attached to an aromatic ring is 1. The number of nitrogens with two attached hydrogens (primary N) is 1. The van der Waals surface area contributed by atoms with E-state index in [2.05, 4.69) is 23.7 Å². The fraction of sp³-hybridized carbons (Fsp3) is 0.571. The van der Waals surface area contributed by atoms with Crippen LogP contribution in [0, 0.1) is 18.3 Å². The van der Waals surface area contributed by atoms with Crippen LogP contribution in [0.15, 0.2) is 12.1 Å².